The first-order valence-corrected chi connectivity index (χ1v) is 6.79. The Bertz CT molecular complexity index is 450. The average Bonchev–Trinajstić information content (AvgIpc) is 2.78. The van der Waals surface area contributed by atoms with E-state index in [0.29, 0.717) is 19.6 Å². The predicted octanol–water partition coefficient (Wildman–Crippen LogP) is 2.12. The van der Waals surface area contributed by atoms with E-state index >= 15 is 0 Å². The highest BCUT2D eigenvalue weighted by atomic mass is 16.8. The van der Waals surface area contributed by atoms with Crippen molar-refractivity contribution in [3.63, 3.8) is 0 Å². The third-order valence-electron chi connectivity index (χ3n) is 3.39. The lowest BCUT2D eigenvalue weighted by molar-refractivity contribution is -0.291. The molecule has 20 heavy (non-hydrogen) atoms. The summed E-state index contributed by atoms with van der Waals surface area (Å²) in [7, 11) is 1.58. The molecule has 1 heterocycles. The second kappa shape index (κ2) is 6.35. The molecular weight excluding hydrogens is 258 g/mol. The largest absolute Gasteiger partial charge is 0.465 e. The Morgan fingerprint density at radius 2 is 2.15 bits per heavy atom. The van der Waals surface area contributed by atoms with Crippen LogP contribution >= 0.6 is 0 Å². The molecule has 1 aromatic rings. The van der Waals surface area contributed by atoms with E-state index in [4.69, 9.17) is 14.3 Å². The molecule has 1 fully saturated rings. The van der Waals surface area contributed by atoms with Crippen LogP contribution in [0.15, 0.2) is 30.3 Å². The number of esters is 1. The van der Waals surface area contributed by atoms with E-state index in [1.54, 1.807) is 19.1 Å². The van der Waals surface area contributed by atoms with Crippen LogP contribution in [0.1, 0.15) is 25.8 Å². The van der Waals surface area contributed by atoms with Gasteiger partial charge in [-0.25, -0.2) is 0 Å². The number of carbonyl (C=O) groups is 1. The molecule has 0 unspecified atom stereocenters. The molecule has 0 saturated carbocycles. The first-order chi connectivity index (χ1) is 9.58. The van der Waals surface area contributed by atoms with Crippen molar-refractivity contribution in [2.45, 2.75) is 38.6 Å². The SMILES string of the molecule is CCOC(=O)[C@@H]1C[C@@](C)(OC)ON1Cc1ccccc1. The van der Waals surface area contributed by atoms with Gasteiger partial charge in [0.1, 0.15) is 6.04 Å². The summed E-state index contributed by atoms with van der Waals surface area (Å²) in [5.74, 6) is -1.06. The smallest absolute Gasteiger partial charge is 0.325 e. The van der Waals surface area contributed by atoms with Crippen LogP contribution < -0.4 is 0 Å². The Labute approximate surface area is 119 Å². The standard InChI is InChI=1S/C15H21NO4/c1-4-19-14(17)13-10-15(2,18-3)20-16(13)11-12-8-6-5-7-9-12/h5-9,13H,4,10-11H2,1-3H3/t13-,15-/m0/s1. The maximum Gasteiger partial charge on any atom is 0.325 e. The van der Waals surface area contributed by atoms with E-state index in [2.05, 4.69) is 0 Å². The van der Waals surface area contributed by atoms with E-state index in [-0.39, 0.29) is 5.97 Å². The van der Waals surface area contributed by atoms with Crippen molar-refractivity contribution < 1.29 is 19.1 Å². The summed E-state index contributed by atoms with van der Waals surface area (Å²) >= 11 is 0. The van der Waals surface area contributed by atoms with Crippen LogP contribution in [0.25, 0.3) is 0 Å². The molecule has 2 atom stereocenters. The molecule has 1 saturated heterocycles. The number of hydrogen-bond donors (Lipinski definition) is 0. The van der Waals surface area contributed by atoms with Crippen molar-refractivity contribution in [1.82, 2.24) is 5.06 Å². The molecule has 0 N–H and O–H groups in total. The highest BCUT2D eigenvalue weighted by molar-refractivity contribution is 5.76. The van der Waals surface area contributed by atoms with Gasteiger partial charge >= 0.3 is 5.97 Å². The van der Waals surface area contributed by atoms with E-state index in [1.807, 2.05) is 37.3 Å². The quantitative estimate of drug-likeness (QED) is 0.773. The molecular formula is C15H21NO4. The highest BCUT2D eigenvalue weighted by Crippen LogP contribution is 2.33. The molecule has 0 spiro atoms. The van der Waals surface area contributed by atoms with Crippen LogP contribution in [0.2, 0.25) is 0 Å². The Balaban J connectivity index is 2.12. The third-order valence-corrected chi connectivity index (χ3v) is 3.39. The number of methoxy groups -OCH3 is 1. The van der Waals surface area contributed by atoms with Gasteiger partial charge in [-0.2, -0.15) is 5.06 Å². The molecule has 0 aliphatic carbocycles. The monoisotopic (exact) mass is 279 g/mol. The molecule has 5 heteroatoms. The van der Waals surface area contributed by atoms with Crippen LogP contribution in [0, 0.1) is 0 Å². The fourth-order valence-corrected chi connectivity index (χ4v) is 2.27. The molecule has 110 valence electrons. The second-order valence-corrected chi connectivity index (χ2v) is 4.96. The molecule has 0 amide bonds. The zero-order chi connectivity index (χ0) is 14.6. The van der Waals surface area contributed by atoms with E-state index in [1.165, 1.54) is 0 Å². The van der Waals surface area contributed by atoms with E-state index in [9.17, 15) is 4.79 Å². The van der Waals surface area contributed by atoms with Crippen LogP contribution in [0.3, 0.4) is 0 Å². The topological polar surface area (TPSA) is 48.0 Å². The first-order valence-electron chi connectivity index (χ1n) is 6.79. The van der Waals surface area contributed by atoms with Gasteiger partial charge in [-0.05, 0) is 19.4 Å². The zero-order valence-electron chi connectivity index (χ0n) is 12.2. The van der Waals surface area contributed by atoms with Crippen molar-refractivity contribution in [1.29, 1.82) is 0 Å². The molecule has 0 bridgehead atoms. The number of nitrogens with zero attached hydrogens (tertiary/aromatic N) is 1. The van der Waals surface area contributed by atoms with E-state index in [0.717, 1.165) is 5.56 Å². The summed E-state index contributed by atoms with van der Waals surface area (Å²) < 4.78 is 10.5. The minimum absolute atomic E-state index is 0.274. The lowest BCUT2D eigenvalue weighted by atomic mass is 10.1. The summed E-state index contributed by atoms with van der Waals surface area (Å²) in [6, 6.07) is 9.42. The summed E-state index contributed by atoms with van der Waals surface area (Å²) in [5.41, 5.74) is 1.07. The summed E-state index contributed by atoms with van der Waals surface area (Å²) in [4.78, 5) is 17.8. The lowest BCUT2D eigenvalue weighted by Gasteiger charge is -2.23. The predicted molar refractivity (Wildman–Crippen MR) is 73.5 cm³/mol. The number of hydroxylamine groups is 2. The average molecular weight is 279 g/mol. The van der Waals surface area contributed by atoms with Crippen molar-refractivity contribution in [3.8, 4) is 0 Å². The number of carbonyl (C=O) groups excluding carboxylic acids is 1. The third kappa shape index (κ3) is 3.36. The van der Waals surface area contributed by atoms with Crippen LogP contribution in [0.4, 0.5) is 0 Å². The maximum atomic E-state index is 12.1. The Hall–Kier alpha value is -1.43. The Kier molecular flexibility index (Phi) is 4.75. The molecule has 0 radical (unpaired) electrons. The van der Waals surface area contributed by atoms with Gasteiger partial charge in [0.2, 0.25) is 0 Å². The molecule has 5 nitrogen and oxygen atoms in total. The lowest BCUT2D eigenvalue weighted by Crippen LogP contribution is -2.36. The minimum atomic E-state index is -0.786. The van der Waals surface area contributed by atoms with Crippen molar-refractivity contribution >= 4 is 5.97 Å². The van der Waals surface area contributed by atoms with Gasteiger partial charge in [0.25, 0.3) is 0 Å². The van der Waals surface area contributed by atoms with Crippen LogP contribution in [0.5, 0.6) is 0 Å². The van der Waals surface area contributed by atoms with Crippen molar-refractivity contribution in [2.75, 3.05) is 13.7 Å². The fourth-order valence-electron chi connectivity index (χ4n) is 2.27. The number of rotatable bonds is 5. The molecule has 2 rings (SSSR count). The van der Waals surface area contributed by atoms with Crippen LogP contribution in [-0.4, -0.2) is 36.6 Å². The maximum absolute atomic E-state index is 12.1. The Morgan fingerprint density at radius 3 is 2.75 bits per heavy atom. The van der Waals surface area contributed by atoms with Gasteiger partial charge < -0.3 is 9.47 Å². The number of ether oxygens (including phenoxy) is 2. The van der Waals surface area contributed by atoms with Crippen LogP contribution in [-0.2, 0) is 25.7 Å². The first kappa shape index (κ1) is 15.0. The normalized spacial score (nSPS) is 26.6. The van der Waals surface area contributed by atoms with Crippen molar-refractivity contribution in [3.05, 3.63) is 35.9 Å². The fraction of sp³-hybridized carbons (Fsp3) is 0.533. The van der Waals surface area contributed by atoms with Gasteiger partial charge in [-0.15, -0.1) is 0 Å². The second-order valence-electron chi connectivity index (χ2n) is 4.96. The zero-order valence-corrected chi connectivity index (χ0v) is 12.2. The van der Waals surface area contributed by atoms with Gasteiger partial charge in [-0.3, -0.25) is 9.63 Å². The number of benzene rings is 1. The van der Waals surface area contributed by atoms with Gasteiger partial charge in [0.05, 0.1) is 13.2 Å². The Morgan fingerprint density at radius 1 is 1.45 bits per heavy atom. The summed E-state index contributed by atoms with van der Waals surface area (Å²) in [6.07, 6.45) is 0.454. The molecule has 0 aromatic heterocycles. The van der Waals surface area contributed by atoms with Gasteiger partial charge in [0, 0.05) is 13.5 Å². The summed E-state index contributed by atoms with van der Waals surface area (Å²) in [6.45, 7) is 4.50. The van der Waals surface area contributed by atoms with Gasteiger partial charge in [-0.1, -0.05) is 30.3 Å². The van der Waals surface area contributed by atoms with Crippen molar-refractivity contribution in [2.24, 2.45) is 0 Å². The molecule has 1 aliphatic heterocycles. The molecule has 1 aliphatic rings. The summed E-state index contributed by atoms with van der Waals surface area (Å²) in [5, 5.41) is 1.65. The molecule has 1 aromatic carbocycles. The highest BCUT2D eigenvalue weighted by Gasteiger charge is 2.46. The minimum Gasteiger partial charge on any atom is -0.465 e. The van der Waals surface area contributed by atoms with E-state index < -0.39 is 11.8 Å². The number of hydrogen-bond acceptors (Lipinski definition) is 5. The van der Waals surface area contributed by atoms with Gasteiger partial charge in [0.15, 0.2) is 5.79 Å².